The smallest absolute Gasteiger partial charge is 0.224 e. The highest BCUT2D eigenvalue weighted by Gasteiger charge is 2.06. The number of nitrogens with one attached hydrogen (secondary N) is 2. The summed E-state index contributed by atoms with van der Waals surface area (Å²) >= 11 is 7.48. The molecule has 1 aromatic heterocycles. The maximum atomic E-state index is 11.5. The van der Waals surface area contributed by atoms with Crippen molar-refractivity contribution < 1.29 is 4.79 Å². The van der Waals surface area contributed by atoms with Gasteiger partial charge < -0.3 is 10.6 Å². The Bertz CT molecular complexity index is 610. The van der Waals surface area contributed by atoms with E-state index in [0.29, 0.717) is 6.42 Å². The summed E-state index contributed by atoms with van der Waals surface area (Å²) in [6, 6.07) is 9.76. The van der Waals surface area contributed by atoms with Crippen LogP contribution < -0.4 is 10.6 Å². The third-order valence-corrected chi connectivity index (χ3v) is 4.24. The van der Waals surface area contributed by atoms with Gasteiger partial charge in [-0.1, -0.05) is 24.6 Å². The summed E-state index contributed by atoms with van der Waals surface area (Å²) < 4.78 is 0.794. The van der Waals surface area contributed by atoms with Crippen LogP contribution in [-0.2, 0) is 11.3 Å². The fourth-order valence-corrected chi connectivity index (χ4v) is 2.86. The molecule has 0 bridgehead atoms. The monoisotopic (exact) mass is 308 g/mol. The molecule has 0 atom stereocenters. The van der Waals surface area contributed by atoms with E-state index in [1.165, 1.54) is 4.88 Å². The minimum absolute atomic E-state index is 0.0234. The Labute approximate surface area is 128 Å². The van der Waals surface area contributed by atoms with Gasteiger partial charge in [0.2, 0.25) is 5.91 Å². The normalized spacial score (nSPS) is 10.3. The predicted molar refractivity (Wildman–Crippen MR) is 86.8 cm³/mol. The van der Waals surface area contributed by atoms with Crippen LogP contribution in [0.2, 0.25) is 4.34 Å². The number of anilines is 2. The van der Waals surface area contributed by atoms with Crippen LogP contribution in [-0.4, -0.2) is 5.91 Å². The fraction of sp³-hybridized carbons (Fsp3) is 0.267. The molecule has 3 nitrogen and oxygen atoms in total. The van der Waals surface area contributed by atoms with Crippen LogP contribution in [0, 0.1) is 6.92 Å². The molecule has 2 rings (SSSR count). The van der Waals surface area contributed by atoms with E-state index in [9.17, 15) is 4.79 Å². The molecule has 0 unspecified atom stereocenters. The SMILES string of the molecule is CCC(=O)Nc1cccc(NCc2ccc(Cl)s2)c1C. The summed E-state index contributed by atoms with van der Waals surface area (Å²) in [5, 5.41) is 6.28. The second kappa shape index (κ2) is 6.77. The molecular formula is C15H17ClN2OS. The molecule has 0 radical (unpaired) electrons. The van der Waals surface area contributed by atoms with Crippen molar-refractivity contribution in [2.45, 2.75) is 26.8 Å². The third kappa shape index (κ3) is 3.74. The Kier molecular flexibility index (Phi) is 5.04. The highest BCUT2D eigenvalue weighted by Crippen LogP contribution is 2.26. The van der Waals surface area contributed by atoms with Crippen molar-refractivity contribution >= 4 is 40.2 Å². The average Bonchev–Trinajstić information content (AvgIpc) is 2.85. The lowest BCUT2D eigenvalue weighted by molar-refractivity contribution is -0.115. The van der Waals surface area contributed by atoms with Crippen LogP contribution in [0.5, 0.6) is 0 Å². The number of amides is 1. The predicted octanol–water partition coefficient (Wildman–Crippen LogP) is 4.67. The van der Waals surface area contributed by atoms with Crippen molar-refractivity contribution in [2.75, 3.05) is 10.6 Å². The average molecular weight is 309 g/mol. The molecule has 106 valence electrons. The van der Waals surface area contributed by atoms with Crippen molar-refractivity contribution in [1.29, 1.82) is 0 Å². The molecule has 0 aliphatic carbocycles. The molecule has 0 saturated carbocycles. The molecule has 0 aliphatic heterocycles. The fourth-order valence-electron chi connectivity index (χ4n) is 1.83. The Balaban J connectivity index is 2.08. The van der Waals surface area contributed by atoms with Gasteiger partial charge in [-0.3, -0.25) is 4.79 Å². The number of rotatable bonds is 5. The molecular weight excluding hydrogens is 292 g/mol. The standard InChI is InChI=1S/C15H17ClN2OS/c1-3-15(19)18-13-6-4-5-12(10(13)2)17-9-11-7-8-14(16)20-11/h4-8,17H,3,9H2,1-2H3,(H,18,19). The number of halogens is 1. The molecule has 20 heavy (non-hydrogen) atoms. The number of hydrogen-bond donors (Lipinski definition) is 2. The topological polar surface area (TPSA) is 41.1 Å². The van der Waals surface area contributed by atoms with Crippen LogP contribution in [0.3, 0.4) is 0 Å². The van der Waals surface area contributed by atoms with Gasteiger partial charge in [-0.05, 0) is 36.8 Å². The molecule has 0 aliphatic rings. The van der Waals surface area contributed by atoms with E-state index in [-0.39, 0.29) is 5.91 Å². The summed E-state index contributed by atoms with van der Waals surface area (Å²) in [6.07, 6.45) is 0.477. The van der Waals surface area contributed by atoms with Crippen LogP contribution >= 0.6 is 22.9 Å². The second-order valence-electron chi connectivity index (χ2n) is 4.44. The van der Waals surface area contributed by atoms with Gasteiger partial charge in [-0.15, -0.1) is 11.3 Å². The van der Waals surface area contributed by atoms with Crippen molar-refractivity contribution in [2.24, 2.45) is 0 Å². The van der Waals surface area contributed by atoms with E-state index >= 15 is 0 Å². The highest BCUT2D eigenvalue weighted by atomic mass is 35.5. The summed E-state index contributed by atoms with van der Waals surface area (Å²) in [5.74, 6) is 0.0234. The van der Waals surface area contributed by atoms with Crippen LogP contribution in [0.15, 0.2) is 30.3 Å². The lowest BCUT2D eigenvalue weighted by Gasteiger charge is -2.13. The Morgan fingerprint density at radius 1 is 1.25 bits per heavy atom. The molecule has 1 amide bonds. The minimum Gasteiger partial charge on any atom is -0.380 e. The Morgan fingerprint density at radius 3 is 2.65 bits per heavy atom. The summed E-state index contributed by atoms with van der Waals surface area (Å²) in [4.78, 5) is 12.7. The van der Waals surface area contributed by atoms with Gasteiger partial charge in [-0.2, -0.15) is 0 Å². The lowest BCUT2D eigenvalue weighted by Crippen LogP contribution is -2.11. The van der Waals surface area contributed by atoms with Crippen molar-refractivity contribution in [3.63, 3.8) is 0 Å². The first kappa shape index (κ1) is 14.9. The zero-order valence-electron chi connectivity index (χ0n) is 11.5. The number of benzene rings is 1. The van der Waals surface area contributed by atoms with Crippen molar-refractivity contribution in [3.8, 4) is 0 Å². The van der Waals surface area contributed by atoms with Gasteiger partial charge in [0.05, 0.1) is 4.34 Å². The van der Waals surface area contributed by atoms with Crippen LogP contribution in [0.4, 0.5) is 11.4 Å². The molecule has 5 heteroatoms. The molecule has 1 heterocycles. The number of carbonyl (C=O) groups is 1. The summed E-state index contributed by atoms with van der Waals surface area (Å²) in [6.45, 7) is 4.56. The van der Waals surface area contributed by atoms with E-state index in [2.05, 4.69) is 10.6 Å². The first-order valence-electron chi connectivity index (χ1n) is 6.47. The lowest BCUT2D eigenvalue weighted by atomic mass is 10.1. The van der Waals surface area contributed by atoms with Crippen molar-refractivity contribution in [1.82, 2.24) is 0 Å². The van der Waals surface area contributed by atoms with E-state index < -0.39 is 0 Å². The zero-order chi connectivity index (χ0) is 14.5. The van der Waals surface area contributed by atoms with E-state index in [1.54, 1.807) is 11.3 Å². The van der Waals surface area contributed by atoms with E-state index in [4.69, 9.17) is 11.6 Å². The van der Waals surface area contributed by atoms with Gasteiger partial charge in [0.15, 0.2) is 0 Å². The molecule has 2 aromatic rings. The first-order valence-corrected chi connectivity index (χ1v) is 7.67. The van der Waals surface area contributed by atoms with Crippen molar-refractivity contribution in [3.05, 3.63) is 45.1 Å². The maximum absolute atomic E-state index is 11.5. The second-order valence-corrected chi connectivity index (χ2v) is 6.24. The van der Waals surface area contributed by atoms with Gasteiger partial charge in [0.25, 0.3) is 0 Å². The van der Waals surface area contributed by atoms with Gasteiger partial charge >= 0.3 is 0 Å². The quantitative estimate of drug-likeness (QED) is 0.842. The molecule has 2 N–H and O–H groups in total. The van der Waals surface area contributed by atoms with E-state index in [0.717, 1.165) is 27.8 Å². The zero-order valence-corrected chi connectivity index (χ0v) is 13.1. The van der Waals surface area contributed by atoms with Gasteiger partial charge in [0, 0.05) is 29.2 Å². The Hall–Kier alpha value is -1.52. The van der Waals surface area contributed by atoms with Crippen LogP contribution in [0.25, 0.3) is 0 Å². The molecule has 0 saturated heterocycles. The largest absolute Gasteiger partial charge is 0.380 e. The molecule has 0 fully saturated rings. The Morgan fingerprint density at radius 2 is 2.00 bits per heavy atom. The number of thiophene rings is 1. The maximum Gasteiger partial charge on any atom is 0.224 e. The van der Waals surface area contributed by atoms with E-state index in [1.807, 2.05) is 44.2 Å². The van der Waals surface area contributed by atoms with Crippen LogP contribution in [0.1, 0.15) is 23.8 Å². The third-order valence-electron chi connectivity index (χ3n) is 3.01. The summed E-state index contributed by atoms with van der Waals surface area (Å²) in [7, 11) is 0. The van der Waals surface area contributed by atoms with Gasteiger partial charge in [0.1, 0.15) is 0 Å². The molecule has 1 aromatic carbocycles. The molecule has 0 spiro atoms. The number of carbonyl (C=O) groups excluding carboxylic acids is 1. The first-order chi connectivity index (χ1) is 9.60. The highest BCUT2D eigenvalue weighted by molar-refractivity contribution is 7.16. The van der Waals surface area contributed by atoms with Gasteiger partial charge in [-0.25, -0.2) is 0 Å². The minimum atomic E-state index is 0.0234. The summed E-state index contributed by atoms with van der Waals surface area (Å²) in [5.41, 5.74) is 2.91. The number of hydrogen-bond acceptors (Lipinski definition) is 3.